The predicted octanol–water partition coefficient (Wildman–Crippen LogP) is 1.48. The molecular weight excluding hydrogens is 284 g/mol. The van der Waals surface area contributed by atoms with Gasteiger partial charge in [-0.3, -0.25) is 4.79 Å². The topological polar surface area (TPSA) is 49.3 Å². The Balaban J connectivity index is 1.84. The van der Waals surface area contributed by atoms with Crippen LogP contribution in [0.3, 0.4) is 0 Å². The number of amides is 1. The molecule has 0 aliphatic rings. The van der Waals surface area contributed by atoms with E-state index in [9.17, 15) is 4.79 Å². The van der Waals surface area contributed by atoms with Gasteiger partial charge >= 0.3 is 0 Å². The number of hydrogen-bond donors (Lipinski definition) is 0. The molecule has 0 aliphatic carbocycles. The summed E-state index contributed by atoms with van der Waals surface area (Å²) in [6.07, 6.45) is 3.42. The van der Waals surface area contributed by atoms with Crippen LogP contribution in [0.1, 0.15) is 5.69 Å². The zero-order valence-corrected chi connectivity index (χ0v) is 12.8. The SMILES string of the molecule is CN(CCN(C)c1nccs1)C(=O)C#Cc1ccccn1. The highest BCUT2D eigenvalue weighted by atomic mass is 32.1. The number of carbonyl (C=O) groups is 1. The van der Waals surface area contributed by atoms with Crippen molar-refractivity contribution < 1.29 is 4.79 Å². The van der Waals surface area contributed by atoms with Gasteiger partial charge in [0, 0.05) is 50.9 Å². The molecule has 2 aromatic heterocycles. The molecule has 0 unspecified atom stereocenters. The highest BCUT2D eigenvalue weighted by Crippen LogP contribution is 2.14. The summed E-state index contributed by atoms with van der Waals surface area (Å²) in [6.45, 7) is 1.30. The third kappa shape index (κ3) is 4.58. The van der Waals surface area contributed by atoms with E-state index in [1.54, 1.807) is 41.7 Å². The molecule has 0 aliphatic heterocycles. The number of hydrogen-bond acceptors (Lipinski definition) is 5. The standard InChI is InChI=1S/C15H16N4OS/c1-18(10-11-19(2)15-17-9-12-21-15)14(20)7-6-13-5-3-4-8-16-13/h3-5,8-9,12H,10-11H2,1-2H3. The van der Waals surface area contributed by atoms with Crippen molar-refractivity contribution in [3.8, 4) is 11.8 Å². The smallest absolute Gasteiger partial charge is 0.298 e. The number of carbonyl (C=O) groups excluding carboxylic acids is 1. The molecule has 5 nitrogen and oxygen atoms in total. The van der Waals surface area contributed by atoms with Crippen LogP contribution in [-0.2, 0) is 4.79 Å². The summed E-state index contributed by atoms with van der Waals surface area (Å²) in [6, 6.07) is 5.43. The van der Waals surface area contributed by atoms with Crippen LogP contribution in [0.25, 0.3) is 0 Å². The monoisotopic (exact) mass is 300 g/mol. The maximum absolute atomic E-state index is 11.9. The molecule has 0 bridgehead atoms. The molecule has 2 rings (SSSR count). The molecule has 0 N–H and O–H groups in total. The van der Waals surface area contributed by atoms with E-state index in [4.69, 9.17) is 0 Å². The van der Waals surface area contributed by atoms with Gasteiger partial charge in [-0.1, -0.05) is 6.07 Å². The third-order valence-corrected chi connectivity index (χ3v) is 3.71. The average molecular weight is 300 g/mol. The van der Waals surface area contributed by atoms with Crippen molar-refractivity contribution in [3.63, 3.8) is 0 Å². The summed E-state index contributed by atoms with van der Waals surface area (Å²) in [5.41, 5.74) is 0.596. The molecule has 0 saturated carbocycles. The van der Waals surface area contributed by atoms with Gasteiger partial charge in [0.05, 0.1) is 0 Å². The van der Waals surface area contributed by atoms with Gasteiger partial charge < -0.3 is 9.80 Å². The number of nitrogens with zero attached hydrogens (tertiary/aromatic N) is 4. The van der Waals surface area contributed by atoms with Crippen molar-refractivity contribution in [2.24, 2.45) is 0 Å². The van der Waals surface area contributed by atoms with Gasteiger partial charge in [-0.25, -0.2) is 9.97 Å². The van der Waals surface area contributed by atoms with E-state index in [1.807, 2.05) is 29.5 Å². The molecule has 0 fully saturated rings. The first-order valence-corrected chi connectivity index (χ1v) is 7.33. The molecule has 0 atom stereocenters. The summed E-state index contributed by atoms with van der Waals surface area (Å²) in [7, 11) is 3.70. The first-order valence-electron chi connectivity index (χ1n) is 6.45. The van der Waals surface area contributed by atoms with E-state index >= 15 is 0 Å². The molecule has 1 amide bonds. The lowest BCUT2D eigenvalue weighted by Gasteiger charge is -2.20. The Morgan fingerprint density at radius 2 is 2.10 bits per heavy atom. The molecule has 0 spiro atoms. The Hall–Kier alpha value is -2.39. The Bertz CT molecular complexity index is 631. The number of pyridine rings is 1. The molecular formula is C15H16N4OS. The van der Waals surface area contributed by atoms with Gasteiger partial charge in [-0.15, -0.1) is 11.3 Å². The van der Waals surface area contributed by atoms with Crippen LogP contribution in [-0.4, -0.2) is 48.0 Å². The predicted molar refractivity (Wildman–Crippen MR) is 84.1 cm³/mol. The molecule has 2 aromatic rings. The van der Waals surface area contributed by atoms with Crippen LogP contribution < -0.4 is 4.90 Å². The van der Waals surface area contributed by atoms with Crippen molar-refractivity contribution in [2.45, 2.75) is 0 Å². The van der Waals surface area contributed by atoms with Crippen molar-refractivity contribution in [3.05, 3.63) is 41.7 Å². The third-order valence-electron chi connectivity index (χ3n) is 2.83. The van der Waals surface area contributed by atoms with Crippen LogP contribution in [0.2, 0.25) is 0 Å². The minimum absolute atomic E-state index is 0.215. The zero-order valence-electron chi connectivity index (χ0n) is 12.0. The van der Waals surface area contributed by atoms with Crippen molar-refractivity contribution in [2.75, 3.05) is 32.1 Å². The number of anilines is 1. The van der Waals surface area contributed by atoms with Crippen molar-refractivity contribution in [1.29, 1.82) is 0 Å². The Morgan fingerprint density at radius 3 is 2.76 bits per heavy atom. The molecule has 6 heteroatoms. The molecule has 2 heterocycles. The number of likely N-dealkylation sites (N-methyl/N-ethyl adjacent to an activating group) is 2. The summed E-state index contributed by atoms with van der Waals surface area (Å²) in [5.74, 6) is 5.15. The molecule has 0 radical (unpaired) electrons. The number of aromatic nitrogens is 2. The van der Waals surface area contributed by atoms with Gasteiger partial charge in [-0.05, 0) is 18.1 Å². The zero-order chi connectivity index (χ0) is 15.1. The second-order valence-corrected chi connectivity index (χ2v) is 5.30. The fourth-order valence-corrected chi connectivity index (χ4v) is 2.19. The van der Waals surface area contributed by atoms with Gasteiger partial charge in [0.15, 0.2) is 5.13 Å². The van der Waals surface area contributed by atoms with E-state index in [-0.39, 0.29) is 5.91 Å². The van der Waals surface area contributed by atoms with Crippen LogP contribution in [0, 0.1) is 11.8 Å². The van der Waals surface area contributed by atoms with E-state index < -0.39 is 0 Å². The lowest BCUT2D eigenvalue weighted by molar-refractivity contribution is -0.123. The second-order valence-electron chi connectivity index (χ2n) is 4.43. The van der Waals surface area contributed by atoms with Gasteiger partial charge in [-0.2, -0.15) is 0 Å². The fraction of sp³-hybridized carbons (Fsp3) is 0.267. The molecule has 0 aromatic carbocycles. The quantitative estimate of drug-likeness (QED) is 0.803. The summed E-state index contributed by atoms with van der Waals surface area (Å²) in [4.78, 5) is 23.8. The van der Waals surface area contributed by atoms with E-state index in [2.05, 4.69) is 21.8 Å². The first-order chi connectivity index (χ1) is 10.2. The number of rotatable bonds is 4. The molecule has 108 valence electrons. The second kappa shape index (κ2) is 7.41. The van der Waals surface area contributed by atoms with Gasteiger partial charge in [0.1, 0.15) is 5.69 Å². The minimum Gasteiger partial charge on any atom is -0.349 e. The van der Waals surface area contributed by atoms with E-state index in [1.165, 1.54) is 0 Å². The summed E-state index contributed by atoms with van der Waals surface area (Å²) in [5, 5.41) is 2.87. The van der Waals surface area contributed by atoms with Crippen LogP contribution in [0.4, 0.5) is 5.13 Å². The van der Waals surface area contributed by atoms with E-state index in [0.717, 1.165) is 5.13 Å². The normalized spacial score (nSPS) is 9.62. The Morgan fingerprint density at radius 1 is 1.24 bits per heavy atom. The van der Waals surface area contributed by atoms with Crippen molar-refractivity contribution in [1.82, 2.24) is 14.9 Å². The Kier molecular flexibility index (Phi) is 5.29. The fourth-order valence-electron chi connectivity index (χ4n) is 1.55. The molecule has 21 heavy (non-hydrogen) atoms. The van der Waals surface area contributed by atoms with Crippen LogP contribution in [0.15, 0.2) is 36.0 Å². The highest BCUT2D eigenvalue weighted by Gasteiger charge is 2.08. The largest absolute Gasteiger partial charge is 0.349 e. The Labute approximate surface area is 128 Å². The average Bonchev–Trinajstić information content (AvgIpc) is 3.05. The minimum atomic E-state index is -0.215. The lowest BCUT2D eigenvalue weighted by atomic mass is 10.3. The van der Waals surface area contributed by atoms with Gasteiger partial charge in [0.25, 0.3) is 5.91 Å². The van der Waals surface area contributed by atoms with E-state index in [0.29, 0.717) is 18.8 Å². The number of thiazole rings is 1. The molecule has 0 saturated heterocycles. The maximum Gasteiger partial charge on any atom is 0.298 e. The first kappa shape index (κ1) is 15.0. The van der Waals surface area contributed by atoms with Gasteiger partial charge in [0.2, 0.25) is 0 Å². The highest BCUT2D eigenvalue weighted by molar-refractivity contribution is 7.13. The van der Waals surface area contributed by atoms with Crippen molar-refractivity contribution >= 4 is 22.4 Å². The lowest BCUT2D eigenvalue weighted by Crippen LogP contribution is -2.34. The summed E-state index contributed by atoms with van der Waals surface area (Å²) >= 11 is 1.57. The van der Waals surface area contributed by atoms with Crippen LogP contribution in [0.5, 0.6) is 0 Å². The maximum atomic E-state index is 11.9. The van der Waals surface area contributed by atoms with Crippen LogP contribution >= 0.6 is 11.3 Å². The summed E-state index contributed by atoms with van der Waals surface area (Å²) < 4.78 is 0.